The second kappa shape index (κ2) is 5.44. The molecule has 2 aliphatic rings. The monoisotopic (exact) mass is 315 g/mol. The number of fused-ring (bicyclic) bond motifs is 3. The number of ether oxygens (including phenoxy) is 1. The molecule has 0 radical (unpaired) electrons. The van der Waals surface area contributed by atoms with E-state index in [4.69, 9.17) is 4.74 Å². The molecule has 1 aromatic heterocycles. The second-order valence-corrected chi connectivity index (χ2v) is 6.56. The van der Waals surface area contributed by atoms with Gasteiger partial charge in [-0.3, -0.25) is 9.89 Å². The number of nitrogens with one attached hydrogen (secondary N) is 1. The van der Waals surface area contributed by atoms with Crippen LogP contribution in [0.1, 0.15) is 21.6 Å². The van der Waals surface area contributed by atoms with Gasteiger partial charge in [0, 0.05) is 34.9 Å². The van der Waals surface area contributed by atoms with Crippen LogP contribution in [-0.2, 0) is 10.5 Å². The maximum atomic E-state index is 12.7. The number of H-pyrrole nitrogens is 1. The Morgan fingerprint density at radius 3 is 3.00 bits per heavy atom. The van der Waals surface area contributed by atoms with Crippen LogP contribution in [0.4, 0.5) is 0 Å². The molecule has 1 N–H and O–H groups in total. The van der Waals surface area contributed by atoms with Crippen molar-refractivity contribution in [2.45, 2.75) is 17.6 Å². The van der Waals surface area contributed by atoms with E-state index in [2.05, 4.69) is 29.3 Å². The van der Waals surface area contributed by atoms with E-state index < -0.39 is 0 Å². The molecule has 0 aliphatic carbocycles. The fraction of sp³-hybridized carbons (Fsp3) is 0.375. The van der Waals surface area contributed by atoms with Gasteiger partial charge in [0.2, 0.25) is 0 Å². The molecule has 0 atom stereocenters. The summed E-state index contributed by atoms with van der Waals surface area (Å²) in [7, 11) is 0. The van der Waals surface area contributed by atoms with E-state index in [-0.39, 0.29) is 5.91 Å². The number of aryl methyl sites for hydroxylation is 1. The van der Waals surface area contributed by atoms with Crippen molar-refractivity contribution < 1.29 is 9.53 Å². The van der Waals surface area contributed by atoms with E-state index in [1.165, 1.54) is 10.5 Å². The van der Waals surface area contributed by atoms with Crippen LogP contribution in [0.5, 0.6) is 0 Å². The van der Waals surface area contributed by atoms with Crippen molar-refractivity contribution in [3.05, 3.63) is 35.0 Å². The van der Waals surface area contributed by atoms with Gasteiger partial charge in [-0.2, -0.15) is 5.10 Å². The number of benzene rings is 1. The predicted molar refractivity (Wildman–Crippen MR) is 85.0 cm³/mol. The Bertz CT molecular complexity index is 735. The average Bonchev–Trinajstić information content (AvgIpc) is 3.00. The number of hydrogen-bond acceptors (Lipinski definition) is 4. The molecule has 1 saturated heterocycles. The van der Waals surface area contributed by atoms with Gasteiger partial charge in [0.15, 0.2) is 0 Å². The molecule has 6 heteroatoms. The third-order valence-electron chi connectivity index (χ3n) is 4.21. The first-order chi connectivity index (χ1) is 10.8. The Hall–Kier alpha value is -1.79. The van der Waals surface area contributed by atoms with Crippen molar-refractivity contribution in [1.82, 2.24) is 15.1 Å². The molecule has 0 bridgehead atoms. The van der Waals surface area contributed by atoms with Crippen molar-refractivity contribution in [2.24, 2.45) is 0 Å². The van der Waals surface area contributed by atoms with Crippen molar-refractivity contribution in [2.75, 3.05) is 26.3 Å². The molecule has 0 spiro atoms. The minimum atomic E-state index is 0.0359. The predicted octanol–water partition coefficient (Wildman–Crippen LogP) is 2.46. The Kier molecular flexibility index (Phi) is 3.43. The number of carbonyl (C=O) groups is 1. The van der Waals surface area contributed by atoms with Gasteiger partial charge in [-0.05, 0) is 12.5 Å². The fourth-order valence-electron chi connectivity index (χ4n) is 3.00. The Labute approximate surface area is 133 Å². The van der Waals surface area contributed by atoms with Crippen LogP contribution in [-0.4, -0.2) is 47.3 Å². The largest absolute Gasteiger partial charge is 0.378 e. The van der Waals surface area contributed by atoms with Crippen molar-refractivity contribution in [1.29, 1.82) is 0 Å². The number of nitrogens with zero attached hydrogens (tertiary/aromatic N) is 2. The van der Waals surface area contributed by atoms with E-state index in [9.17, 15) is 4.79 Å². The van der Waals surface area contributed by atoms with Crippen LogP contribution >= 0.6 is 11.8 Å². The number of hydrogen-bond donors (Lipinski definition) is 1. The number of aromatic nitrogens is 2. The van der Waals surface area contributed by atoms with E-state index >= 15 is 0 Å². The summed E-state index contributed by atoms with van der Waals surface area (Å²) in [4.78, 5) is 15.8. The first kappa shape index (κ1) is 13.8. The number of carbonyl (C=O) groups excluding carboxylic acids is 1. The zero-order valence-corrected chi connectivity index (χ0v) is 13.2. The van der Waals surface area contributed by atoms with Crippen molar-refractivity contribution >= 4 is 17.7 Å². The summed E-state index contributed by atoms with van der Waals surface area (Å²) in [6.07, 6.45) is 0. The Morgan fingerprint density at radius 1 is 1.36 bits per heavy atom. The van der Waals surface area contributed by atoms with Gasteiger partial charge in [0.25, 0.3) is 5.91 Å². The summed E-state index contributed by atoms with van der Waals surface area (Å²) in [6, 6.07) is 6.24. The minimum absolute atomic E-state index is 0.0359. The summed E-state index contributed by atoms with van der Waals surface area (Å²) in [5.74, 6) is 0.823. The number of amides is 1. The van der Waals surface area contributed by atoms with Gasteiger partial charge in [0.05, 0.1) is 18.9 Å². The average molecular weight is 315 g/mol. The van der Waals surface area contributed by atoms with Crippen LogP contribution in [0, 0.1) is 6.92 Å². The van der Waals surface area contributed by atoms with Crippen LogP contribution in [0.15, 0.2) is 23.1 Å². The molecule has 2 aliphatic heterocycles. The fourth-order valence-corrected chi connectivity index (χ4v) is 4.19. The standard InChI is InChI=1S/C16H17N3O2S/c1-10-3-2-4-11-13-12(9-22-15(10)11)14(18-17-13)16(20)19-5-7-21-8-6-19/h2-4H,5-9H2,1H3,(H,17,18). The summed E-state index contributed by atoms with van der Waals surface area (Å²) in [5.41, 5.74) is 4.98. The number of rotatable bonds is 1. The lowest BCUT2D eigenvalue weighted by Crippen LogP contribution is -2.41. The zero-order chi connectivity index (χ0) is 15.1. The highest BCUT2D eigenvalue weighted by molar-refractivity contribution is 7.98. The quantitative estimate of drug-likeness (QED) is 0.878. The van der Waals surface area contributed by atoms with Gasteiger partial charge >= 0.3 is 0 Å². The number of aromatic amines is 1. The third-order valence-corrected chi connectivity index (χ3v) is 5.47. The first-order valence-corrected chi connectivity index (χ1v) is 8.41. The van der Waals surface area contributed by atoms with E-state index in [0.717, 1.165) is 22.6 Å². The maximum absolute atomic E-state index is 12.7. The van der Waals surface area contributed by atoms with Gasteiger partial charge in [-0.25, -0.2) is 0 Å². The topological polar surface area (TPSA) is 58.2 Å². The smallest absolute Gasteiger partial charge is 0.272 e. The van der Waals surface area contributed by atoms with E-state index in [0.29, 0.717) is 32.0 Å². The van der Waals surface area contributed by atoms with E-state index in [1.54, 1.807) is 11.8 Å². The van der Waals surface area contributed by atoms with Crippen LogP contribution in [0.2, 0.25) is 0 Å². The lowest BCUT2D eigenvalue weighted by molar-refractivity contribution is 0.0298. The summed E-state index contributed by atoms with van der Waals surface area (Å²) in [5, 5.41) is 7.42. The molecule has 4 rings (SSSR count). The van der Waals surface area contributed by atoms with Gasteiger partial charge in [-0.1, -0.05) is 18.2 Å². The summed E-state index contributed by atoms with van der Waals surface area (Å²) in [6.45, 7) is 4.63. The number of thioether (sulfide) groups is 1. The molecule has 2 aromatic rings. The van der Waals surface area contributed by atoms with Gasteiger partial charge in [-0.15, -0.1) is 11.8 Å². The van der Waals surface area contributed by atoms with Crippen molar-refractivity contribution in [3.8, 4) is 11.3 Å². The lowest BCUT2D eigenvalue weighted by atomic mass is 10.0. The molecule has 1 amide bonds. The van der Waals surface area contributed by atoms with Gasteiger partial charge in [0.1, 0.15) is 5.69 Å². The Morgan fingerprint density at radius 2 is 2.18 bits per heavy atom. The molecule has 5 nitrogen and oxygen atoms in total. The van der Waals surface area contributed by atoms with Crippen LogP contribution < -0.4 is 0 Å². The molecule has 3 heterocycles. The molecule has 0 unspecified atom stereocenters. The summed E-state index contributed by atoms with van der Waals surface area (Å²) >= 11 is 1.79. The first-order valence-electron chi connectivity index (χ1n) is 7.43. The molecular formula is C16H17N3O2S. The molecule has 22 heavy (non-hydrogen) atoms. The number of morpholine rings is 1. The maximum Gasteiger partial charge on any atom is 0.272 e. The van der Waals surface area contributed by atoms with Gasteiger partial charge < -0.3 is 9.64 Å². The molecule has 0 saturated carbocycles. The zero-order valence-electron chi connectivity index (χ0n) is 12.4. The molecule has 1 aromatic carbocycles. The SMILES string of the molecule is Cc1cccc2c1SCc1c-2n[nH]c1C(=O)N1CCOCC1. The minimum Gasteiger partial charge on any atom is -0.378 e. The lowest BCUT2D eigenvalue weighted by Gasteiger charge is -2.27. The second-order valence-electron chi connectivity index (χ2n) is 5.57. The van der Waals surface area contributed by atoms with E-state index in [1.807, 2.05) is 11.0 Å². The Balaban J connectivity index is 1.72. The third kappa shape index (κ3) is 2.14. The normalized spacial score (nSPS) is 17.0. The van der Waals surface area contributed by atoms with Crippen LogP contribution in [0.25, 0.3) is 11.3 Å². The molecule has 1 fully saturated rings. The van der Waals surface area contributed by atoms with Crippen molar-refractivity contribution in [3.63, 3.8) is 0 Å². The highest BCUT2D eigenvalue weighted by atomic mass is 32.2. The highest BCUT2D eigenvalue weighted by Crippen LogP contribution is 2.43. The molecular weight excluding hydrogens is 298 g/mol. The summed E-state index contributed by atoms with van der Waals surface area (Å²) < 4.78 is 5.32. The van der Waals surface area contributed by atoms with Crippen LogP contribution in [0.3, 0.4) is 0 Å². The molecule has 114 valence electrons. The highest BCUT2D eigenvalue weighted by Gasteiger charge is 2.29.